The summed E-state index contributed by atoms with van der Waals surface area (Å²) in [6.07, 6.45) is 4.80. The summed E-state index contributed by atoms with van der Waals surface area (Å²) in [7, 11) is 0. The Labute approximate surface area is 93.7 Å². The van der Waals surface area contributed by atoms with Gasteiger partial charge in [-0.1, -0.05) is 24.3 Å². The number of hydrogen-bond donors (Lipinski definition) is 3. The van der Waals surface area contributed by atoms with E-state index in [4.69, 9.17) is 5.11 Å². The summed E-state index contributed by atoms with van der Waals surface area (Å²) >= 11 is 0. The van der Waals surface area contributed by atoms with Crippen LogP contribution >= 0.6 is 0 Å². The molecule has 0 aromatic carbocycles. The zero-order chi connectivity index (χ0) is 12.2. The van der Waals surface area contributed by atoms with Crippen LogP contribution in [0.3, 0.4) is 0 Å². The van der Waals surface area contributed by atoms with Gasteiger partial charge in [-0.2, -0.15) is 0 Å². The first-order valence-corrected chi connectivity index (χ1v) is 5.05. The molecule has 1 saturated heterocycles. The second kappa shape index (κ2) is 5.25. The van der Waals surface area contributed by atoms with Crippen LogP contribution in [0.2, 0.25) is 0 Å². The van der Waals surface area contributed by atoms with E-state index in [2.05, 4.69) is 4.74 Å². The van der Waals surface area contributed by atoms with Gasteiger partial charge in [0.05, 0.1) is 19.1 Å². The predicted octanol–water partition coefficient (Wildman–Crippen LogP) is -0.624. The summed E-state index contributed by atoms with van der Waals surface area (Å²) in [5, 5.41) is 28.8. The van der Waals surface area contributed by atoms with E-state index in [9.17, 15) is 15.0 Å². The lowest BCUT2D eigenvalue weighted by Gasteiger charge is -2.27. The first-order valence-electron chi connectivity index (χ1n) is 5.05. The Kier molecular flexibility index (Phi) is 4.23. The molecule has 90 valence electrons. The number of esters is 1. The molecular weight excluding hydrogens is 212 g/mol. The van der Waals surface area contributed by atoms with Crippen molar-refractivity contribution in [3.63, 3.8) is 0 Å². The van der Waals surface area contributed by atoms with E-state index in [1.807, 2.05) is 0 Å². The fraction of sp³-hybridized carbons (Fsp3) is 0.545. The summed E-state index contributed by atoms with van der Waals surface area (Å²) in [5.41, 5.74) is -2.05. The molecule has 1 rings (SSSR count). The van der Waals surface area contributed by atoms with Gasteiger partial charge in [0.15, 0.2) is 5.60 Å². The number of hydrogen-bond acceptors (Lipinski definition) is 5. The minimum Gasteiger partial charge on any atom is -0.463 e. The molecule has 0 amide bonds. The summed E-state index contributed by atoms with van der Waals surface area (Å²) in [5.74, 6) is -1.70. The number of carbonyl (C=O) groups excluding carboxylic acids is 1. The molecule has 3 atom stereocenters. The molecular formula is C11H16O5. The van der Waals surface area contributed by atoms with Crippen LogP contribution in [0.4, 0.5) is 0 Å². The number of allylic oxidation sites excluding steroid dienone is 3. The van der Waals surface area contributed by atoms with Gasteiger partial charge in [-0.15, -0.1) is 0 Å². The maximum absolute atomic E-state index is 11.3. The number of aliphatic hydroxyl groups excluding tert-OH is 2. The van der Waals surface area contributed by atoms with Crippen LogP contribution in [0.15, 0.2) is 24.3 Å². The van der Waals surface area contributed by atoms with E-state index in [0.29, 0.717) is 0 Å². The molecule has 0 aromatic rings. The first kappa shape index (κ1) is 12.9. The normalized spacial score (nSPS) is 32.5. The van der Waals surface area contributed by atoms with Gasteiger partial charge in [0.25, 0.3) is 0 Å². The lowest BCUT2D eigenvalue weighted by Crippen LogP contribution is -2.51. The van der Waals surface area contributed by atoms with Crippen molar-refractivity contribution in [3.05, 3.63) is 24.3 Å². The van der Waals surface area contributed by atoms with Crippen LogP contribution in [0.5, 0.6) is 0 Å². The van der Waals surface area contributed by atoms with E-state index < -0.39 is 30.2 Å². The third-order valence-electron chi connectivity index (χ3n) is 2.63. The van der Waals surface area contributed by atoms with Crippen LogP contribution < -0.4 is 0 Å². The standard InChI is InChI=1S/C11H16O5/c1-2-3-4-5-9(13)11(15)8(6-12)7-16-10(11)14/h2-5,8-9,12-13,15H,6-7H2,1H3/b3-2+,5-4+/t8-,9?,11+/m0/s1. The topological polar surface area (TPSA) is 87.0 Å². The van der Waals surface area contributed by atoms with Gasteiger partial charge in [0, 0.05) is 0 Å². The van der Waals surface area contributed by atoms with Crippen molar-refractivity contribution in [2.75, 3.05) is 13.2 Å². The molecule has 5 nitrogen and oxygen atoms in total. The molecule has 16 heavy (non-hydrogen) atoms. The highest BCUT2D eigenvalue weighted by Gasteiger charge is 2.55. The fourth-order valence-electron chi connectivity index (χ4n) is 1.57. The largest absolute Gasteiger partial charge is 0.463 e. The van der Waals surface area contributed by atoms with E-state index in [1.54, 1.807) is 19.1 Å². The lowest BCUT2D eigenvalue weighted by atomic mass is 9.85. The highest BCUT2D eigenvalue weighted by Crippen LogP contribution is 2.30. The zero-order valence-electron chi connectivity index (χ0n) is 9.04. The molecule has 0 saturated carbocycles. The van der Waals surface area contributed by atoms with Gasteiger partial charge in [0.2, 0.25) is 0 Å². The summed E-state index contributed by atoms with van der Waals surface area (Å²) in [6.45, 7) is 1.29. The third kappa shape index (κ3) is 2.16. The molecule has 0 radical (unpaired) electrons. The van der Waals surface area contributed by atoms with E-state index in [-0.39, 0.29) is 6.61 Å². The number of aliphatic hydroxyl groups is 3. The number of cyclic esters (lactones) is 1. The molecule has 1 aliphatic heterocycles. The van der Waals surface area contributed by atoms with Crippen molar-refractivity contribution >= 4 is 5.97 Å². The Bertz CT molecular complexity index is 309. The fourth-order valence-corrected chi connectivity index (χ4v) is 1.57. The zero-order valence-corrected chi connectivity index (χ0v) is 9.04. The molecule has 0 bridgehead atoms. The molecule has 1 fully saturated rings. The SMILES string of the molecule is C/C=C/C=C/C(O)[C@@]1(O)C(=O)OC[C@@H]1CO. The van der Waals surface area contributed by atoms with E-state index in [1.165, 1.54) is 12.2 Å². The number of ether oxygens (including phenoxy) is 1. The Morgan fingerprint density at radius 1 is 1.62 bits per heavy atom. The van der Waals surface area contributed by atoms with E-state index >= 15 is 0 Å². The van der Waals surface area contributed by atoms with Gasteiger partial charge in [-0.05, 0) is 6.92 Å². The van der Waals surface area contributed by atoms with Gasteiger partial charge < -0.3 is 20.1 Å². The van der Waals surface area contributed by atoms with Crippen LogP contribution in [-0.2, 0) is 9.53 Å². The number of carbonyl (C=O) groups is 1. The van der Waals surface area contributed by atoms with Crippen LogP contribution in [0.1, 0.15) is 6.92 Å². The average Bonchev–Trinajstić information content (AvgIpc) is 2.57. The molecule has 0 aromatic heterocycles. The molecule has 1 heterocycles. The molecule has 0 aliphatic carbocycles. The van der Waals surface area contributed by atoms with Crippen molar-refractivity contribution in [1.29, 1.82) is 0 Å². The number of rotatable bonds is 4. The van der Waals surface area contributed by atoms with Gasteiger partial charge >= 0.3 is 5.97 Å². The van der Waals surface area contributed by atoms with Crippen molar-refractivity contribution in [3.8, 4) is 0 Å². The highest BCUT2D eigenvalue weighted by atomic mass is 16.6. The molecule has 5 heteroatoms. The van der Waals surface area contributed by atoms with Gasteiger partial charge in [-0.25, -0.2) is 4.79 Å². The van der Waals surface area contributed by atoms with E-state index in [0.717, 1.165) is 0 Å². The minimum atomic E-state index is -2.05. The van der Waals surface area contributed by atoms with Crippen molar-refractivity contribution in [2.24, 2.45) is 5.92 Å². The van der Waals surface area contributed by atoms with Crippen LogP contribution in [0.25, 0.3) is 0 Å². The molecule has 1 aliphatic rings. The predicted molar refractivity (Wildman–Crippen MR) is 56.4 cm³/mol. The maximum Gasteiger partial charge on any atom is 0.341 e. The highest BCUT2D eigenvalue weighted by molar-refractivity contribution is 5.83. The summed E-state index contributed by atoms with van der Waals surface area (Å²) in [4.78, 5) is 11.3. The second-order valence-electron chi connectivity index (χ2n) is 3.66. The third-order valence-corrected chi connectivity index (χ3v) is 2.63. The average molecular weight is 228 g/mol. The van der Waals surface area contributed by atoms with Gasteiger partial charge in [0.1, 0.15) is 6.10 Å². The Morgan fingerprint density at radius 2 is 2.31 bits per heavy atom. The van der Waals surface area contributed by atoms with Crippen LogP contribution in [-0.4, -0.2) is 46.2 Å². The maximum atomic E-state index is 11.3. The second-order valence-corrected chi connectivity index (χ2v) is 3.66. The van der Waals surface area contributed by atoms with Crippen molar-refractivity contribution in [2.45, 2.75) is 18.6 Å². The lowest BCUT2D eigenvalue weighted by molar-refractivity contribution is -0.163. The monoisotopic (exact) mass is 228 g/mol. The Hall–Kier alpha value is -1.17. The quantitative estimate of drug-likeness (QED) is 0.441. The molecule has 3 N–H and O–H groups in total. The van der Waals surface area contributed by atoms with Crippen LogP contribution in [0, 0.1) is 5.92 Å². The first-order chi connectivity index (χ1) is 7.57. The smallest absolute Gasteiger partial charge is 0.341 e. The van der Waals surface area contributed by atoms with Crippen molar-refractivity contribution in [1.82, 2.24) is 0 Å². The Balaban J connectivity index is 2.85. The van der Waals surface area contributed by atoms with Gasteiger partial charge in [-0.3, -0.25) is 0 Å². The molecule has 0 spiro atoms. The Morgan fingerprint density at radius 3 is 2.88 bits per heavy atom. The van der Waals surface area contributed by atoms with Crippen molar-refractivity contribution < 1.29 is 24.9 Å². The summed E-state index contributed by atoms with van der Waals surface area (Å²) in [6, 6.07) is 0. The minimum absolute atomic E-state index is 0.0830. The molecule has 1 unspecified atom stereocenters. The summed E-state index contributed by atoms with van der Waals surface area (Å²) < 4.78 is 4.64.